The maximum atomic E-state index is 5.32. The summed E-state index contributed by atoms with van der Waals surface area (Å²) in [6.45, 7) is 4.47. The lowest BCUT2D eigenvalue weighted by Crippen LogP contribution is -3.15. The second-order valence-electron chi connectivity index (χ2n) is 4.69. The molecule has 1 aromatic rings. The second-order valence-corrected chi connectivity index (χ2v) is 5.06. The Balaban J connectivity index is 2.08. The summed E-state index contributed by atoms with van der Waals surface area (Å²) in [6.07, 6.45) is 7.13. The predicted molar refractivity (Wildman–Crippen MR) is 65.8 cm³/mol. The molecule has 2 rings (SSSR count). The van der Waals surface area contributed by atoms with Crippen molar-refractivity contribution in [1.29, 1.82) is 0 Å². The van der Waals surface area contributed by atoms with E-state index < -0.39 is 0 Å². The zero-order valence-corrected chi connectivity index (χ0v) is 11.0. The van der Waals surface area contributed by atoms with Gasteiger partial charge in [-0.2, -0.15) is 9.78 Å². The minimum atomic E-state index is 0.789. The van der Waals surface area contributed by atoms with Crippen molar-refractivity contribution < 1.29 is 4.90 Å². The molecule has 4 nitrogen and oxygen atoms in total. The zero-order chi connectivity index (χ0) is 11.5. The largest absolute Gasteiger partial charge is 0.314 e. The molecule has 5 heteroatoms. The van der Waals surface area contributed by atoms with Crippen molar-refractivity contribution in [3.8, 4) is 0 Å². The van der Waals surface area contributed by atoms with Crippen LogP contribution in [0.5, 0.6) is 0 Å². The molecule has 0 saturated carbocycles. The van der Waals surface area contributed by atoms with Crippen molar-refractivity contribution in [2.24, 2.45) is 7.05 Å². The van der Waals surface area contributed by atoms with Gasteiger partial charge in [-0.1, -0.05) is 6.92 Å². The molecule has 90 valence electrons. The first kappa shape index (κ1) is 11.8. The molecule has 2 heterocycles. The Morgan fingerprint density at radius 3 is 3.00 bits per heavy atom. The first-order chi connectivity index (χ1) is 7.72. The number of hydrogen-bond donors (Lipinski definition) is 1. The quantitative estimate of drug-likeness (QED) is 0.791. The van der Waals surface area contributed by atoms with Gasteiger partial charge in [0.1, 0.15) is 6.33 Å². The van der Waals surface area contributed by atoms with Crippen molar-refractivity contribution >= 4 is 12.2 Å². The molecule has 1 aromatic heterocycles. The Morgan fingerprint density at radius 2 is 2.38 bits per heavy atom. The van der Waals surface area contributed by atoms with Gasteiger partial charge in [-0.25, -0.2) is 0 Å². The molecule has 1 unspecified atom stereocenters. The minimum Gasteiger partial charge on any atom is -0.314 e. The number of likely N-dealkylation sites (tertiary alicyclic amines) is 1. The molecular formula is C11H21N4S+. The number of aromatic nitrogens is 3. The fourth-order valence-electron chi connectivity index (χ4n) is 2.57. The lowest BCUT2D eigenvalue weighted by molar-refractivity contribution is -0.953. The highest BCUT2D eigenvalue weighted by Gasteiger charge is 2.24. The summed E-state index contributed by atoms with van der Waals surface area (Å²) in [5.41, 5.74) is 0. The van der Waals surface area contributed by atoms with Gasteiger partial charge in [0.25, 0.3) is 0 Å². The number of piperidine rings is 1. The zero-order valence-electron chi connectivity index (χ0n) is 10.1. The summed E-state index contributed by atoms with van der Waals surface area (Å²) in [5.74, 6) is 0. The van der Waals surface area contributed by atoms with E-state index in [4.69, 9.17) is 12.2 Å². The predicted octanol–water partition coefficient (Wildman–Crippen LogP) is 0.756. The van der Waals surface area contributed by atoms with Gasteiger partial charge in [-0.15, -0.1) is 0 Å². The van der Waals surface area contributed by atoms with Gasteiger partial charge in [0.2, 0.25) is 4.77 Å². The van der Waals surface area contributed by atoms with Crippen LogP contribution >= 0.6 is 12.2 Å². The highest BCUT2D eigenvalue weighted by atomic mass is 32.1. The van der Waals surface area contributed by atoms with Gasteiger partial charge in [-0.3, -0.25) is 0 Å². The van der Waals surface area contributed by atoms with E-state index in [9.17, 15) is 0 Å². The van der Waals surface area contributed by atoms with E-state index in [1.807, 2.05) is 16.3 Å². The number of nitrogens with one attached hydrogen (secondary N) is 1. The van der Waals surface area contributed by atoms with Gasteiger partial charge in [0.05, 0.1) is 12.6 Å². The fraction of sp³-hybridized carbons (Fsp3) is 0.818. The van der Waals surface area contributed by atoms with Gasteiger partial charge in [0, 0.05) is 7.05 Å². The third kappa shape index (κ3) is 2.35. The molecule has 1 fully saturated rings. The molecule has 1 aliphatic heterocycles. The average molecular weight is 241 g/mol. The van der Waals surface area contributed by atoms with Crippen molar-refractivity contribution in [3.63, 3.8) is 0 Å². The molecule has 1 N–H and O–H groups in total. The molecule has 2 atom stereocenters. The van der Waals surface area contributed by atoms with Gasteiger partial charge in [0.15, 0.2) is 6.67 Å². The van der Waals surface area contributed by atoms with E-state index in [1.54, 1.807) is 11.2 Å². The Bertz CT molecular complexity index is 395. The molecule has 0 aromatic carbocycles. The normalized spacial score (nSPS) is 25.9. The molecule has 0 spiro atoms. The highest BCUT2D eigenvalue weighted by Crippen LogP contribution is 2.05. The Labute approximate surface area is 102 Å². The van der Waals surface area contributed by atoms with E-state index in [2.05, 4.69) is 12.0 Å². The molecule has 0 bridgehead atoms. The van der Waals surface area contributed by atoms with Crippen LogP contribution in [-0.4, -0.2) is 26.9 Å². The van der Waals surface area contributed by atoms with Crippen LogP contribution in [0.15, 0.2) is 6.33 Å². The Kier molecular flexibility index (Phi) is 3.76. The molecule has 0 aliphatic carbocycles. The van der Waals surface area contributed by atoms with Gasteiger partial charge >= 0.3 is 0 Å². The third-order valence-corrected chi connectivity index (χ3v) is 4.11. The van der Waals surface area contributed by atoms with Crippen LogP contribution in [0.2, 0.25) is 0 Å². The Morgan fingerprint density at radius 1 is 1.56 bits per heavy atom. The van der Waals surface area contributed by atoms with Crippen LogP contribution in [0.25, 0.3) is 0 Å². The lowest BCUT2D eigenvalue weighted by Gasteiger charge is -2.31. The van der Waals surface area contributed by atoms with Crippen LogP contribution in [0, 0.1) is 4.77 Å². The molecule has 0 radical (unpaired) electrons. The van der Waals surface area contributed by atoms with E-state index in [1.165, 1.54) is 32.2 Å². The summed E-state index contributed by atoms with van der Waals surface area (Å²) >= 11 is 5.32. The lowest BCUT2D eigenvalue weighted by atomic mass is 10.0. The van der Waals surface area contributed by atoms with E-state index >= 15 is 0 Å². The van der Waals surface area contributed by atoms with Crippen molar-refractivity contribution in [3.05, 3.63) is 11.1 Å². The maximum Gasteiger partial charge on any atom is 0.202 e. The van der Waals surface area contributed by atoms with Crippen molar-refractivity contribution in [1.82, 2.24) is 14.3 Å². The SMILES string of the molecule is CC[C@@H]1CCCC[NH+]1Cn1ncn(C)c1=S. The van der Waals surface area contributed by atoms with E-state index in [0.29, 0.717) is 0 Å². The van der Waals surface area contributed by atoms with Gasteiger partial charge < -0.3 is 9.47 Å². The molecule has 1 saturated heterocycles. The first-order valence-electron chi connectivity index (χ1n) is 6.15. The summed E-state index contributed by atoms with van der Waals surface area (Å²) < 4.78 is 4.69. The summed E-state index contributed by atoms with van der Waals surface area (Å²) in [6, 6.07) is 0.789. The van der Waals surface area contributed by atoms with Crippen LogP contribution in [0.3, 0.4) is 0 Å². The monoisotopic (exact) mass is 241 g/mol. The minimum absolute atomic E-state index is 0.789. The number of quaternary nitrogens is 1. The van der Waals surface area contributed by atoms with E-state index in [0.717, 1.165) is 17.5 Å². The summed E-state index contributed by atoms with van der Waals surface area (Å²) in [7, 11) is 1.95. The van der Waals surface area contributed by atoms with Gasteiger partial charge in [-0.05, 0) is 37.9 Å². The van der Waals surface area contributed by atoms with Crippen LogP contribution in [-0.2, 0) is 13.7 Å². The number of rotatable bonds is 3. The van der Waals surface area contributed by atoms with Crippen molar-refractivity contribution in [2.75, 3.05) is 6.54 Å². The summed E-state index contributed by atoms with van der Waals surface area (Å²) in [4.78, 5) is 1.64. The standard InChI is InChI=1S/C11H20N4S/c1-3-10-6-4-5-7-14(10)9-15-11(16)13(2)8-12-15/h8,10H,3-7,9H2,1-2H3/p+1/t10-/m1/s1. The Hall–Kier alpha value is -0.680. The van der Waals surface area contributed by atoms with Crippen molar-refractivity contribution in [2.45, 2.75) is 45.3 Å². The molecule has 0 amide bonds. The number of nitrogens with zero attached hydrogens (tertiary/aromatic N) is 3. The summed E-state index contributed by atoms with van der Waals surface area (Å²) in [5, 5.41) is 4.33. The second kappa shape index (κ2) is 5.10. The fourth-order valence-corrected chi connectivity index (χ4v) is 2.73. The van der Waals surface area contributed by atoms with Crippen LogP contribution in [0.1, 0.15) is 32.6 Å². The van der Waals surface area contributed by atoms with Crippen LogP contribution in [0.4, 0.5) is 0 Å². The third-order valence-electron chi connectivity index (χ3n) is 3.61. The average Bonchev–Trinajstić information content (AvgIpc) is 2.62. The highest BCUT2D eigenvalue weighted by molar-refractivity contribution is 7.71. The molecular weight excluding hydrogens is 220 g/mol. The molecule has 16 heavy (non-hydrogen) atoms. The smallest absolute Gasteiger partial charge is 0.202 e. The van der Waals surface area contributed by atoms with Crippen LogP contribution < -0.4 is 4.90 Å². The topological polar surface area (TPSA) is 27.2 Å². The first-order valence-corrected chi connectivity index (χ1v) is 6.56. The maximum absolute atomic E-state index is 5.32. The number of aryl methyl sites for hydroxylation is 1. The van der Waals surface area contributed by atoms with E-state index in [-0.39, 0.29) is 0 Å². The number of hydrogen-bond acceptors (Lipinski definition) is 2. The molecule has 1 aliphatic rings.